The molecule has 7 heteroatoms. The molecule has 0 saturated carbocycles. The van der Waals surface area contributed by atoms with Crippen molar-refractivity contribution in [1.29, 1.82) is 5.26 Å². The van der Waals surface area contributed by atoms with E-state index in [1.807, 2.05) is 49.4 Å². The van der Waals surface area contributed by atoms with E-state index in [-0.39, 0.29) is 18.3 Å². The third-order valence-electron chi connectivity index (χ3n) is 5.80. The summed E-state index contributed by atoms with van der Waals surface area (Å²) in [5.74, 6) is 0.388. The molecule has 0 saturated heterocycles. The first-order valence-electron chi connectivity index (χ1n) is 10.8. The number of nitriles is 1. The molecule has 0 fully saturated rings. The largest absolute Gasteiger partial charge is 0.489 e. The van der Waals surface area contributed by atoms with Gasteiger partial charge in [-0.15, -0.1) is 0 Å². The van der Waals surface area contributed by atoms with Gasteiger partial charge in [-0.1, -0.05) is 48.5 Å². The average molecular weight is 452 g/mol. The second-order valence-electron chi connectivity index (χ2n) is 7.93. The number of hydrogen-bond donors (Lipinski definition) is 1. The number of allylic oxidation sites excluding steroid dienone is 1. The van der Waals surface area contributed by atoms with Crippen molar-refractivity contribution in [2.24, 2.45) is 5.73 Å². The topological polar surface area (TPSA) is 86.1 Å². The van der Waals surface area contributed by atoms with Crippen molar-refractivity contribution in [1.82, 2.24) is 9.78 Å². The third-order valence-corrected chi connectivity index (χ3v) is 5.80. The Bertz CT molecular complexity index is 1420. The van der Waals surface area contributed by atoms with Crippen LogP contribution in [-0.2, 0) is 6.61 Å². The predicted octanol–water partition coefficient (Wildman–Crippen LogP) is 5.12. The van der Waals surface area contributed by atoms with Crippen LogP contribution in [0.2, 0.25) is 0 Å². The molecule has 1 aliphatic rings. The van der Waals surface area contributed by atoms with Crippen LogP contribution in [-0.4, -0.2) is 9.78 Å². The number of aryl methyl sites for hydroxylation is 1. The van der Waals surface area contributed by atoms with Crippen LogP contribution in [0, 0.1) is 24.1 Å². The first-order valence-corrected chi connectivity index (χ1v) is 10.8. The lowest BCUT2D eigenvalue weighted by Gasteiger charge is -2.25. The van der Waals surface area contributed by atoms with Gasteiger partial charge >= 0.3 is 0 Å². The van der Waals surface area contributed by atoms with E-state index in [0.29, 0.717) is 22.8 Å². The highest BCUT2D eigenvalue weighted by Gasteiger charge is 2.36. The Morgan fingerprint density at radius 2 is 1.76 bits per heavy atom. The van der Waals surface area contributed by atoms with E-state index in [2.05, 4.69) is 11.2 Å². The molecule has 0 unspecified atom stereocenters. The molecule has 0 spiro atoms. The van der Waals surface area contributed by atoms with Gasteiger partial charge in [0.15, 0.2) is 0 Å². The SMILES string of the molecule is Cc1nn(-c2ccccc2)c2c1[C@H](c1ccc(OCc3ccccc3F)cc1)C(C#N)=C(N)O2. The summed E-state index contributed by atoms with van der Waals surface area (Å²) in [6, 6.07) is 25.7. The van der Waals surface area contributed by atoms with Crippen molar-refractivity contribution in [2.75, 3.05) is 0 Å². The van der Waals surface area contributed by atoms with Crippen LogP contribution in [0.25, 0.3) is 5.69 Å². The summed E-state index contributed by atoms with van der Waals surface area (Å²) < 4.78 is 27.2. The van der Waals surface area contributed by atoms with E-state index in [1.165, 1.54) is 6.07 Å². The molecule has 1 aliphatic heterocycles. The van der Waals surface area contributed by atoms with Crippen LogP contribution in [0.1, 0.15) is 28.3 Å². The lowest BCUT2D eigenvalue weighted by atomic mass is 9.84. The number of ether oxygens (including phenoxy) is 2. The van der Waals surface area contributed by atoms with E-state index >= 15 is 0 Å². The van der Waals surface area contributed by atoms with E-state index in [0.717, 1.165) is 22.5 Å². The van der Waals surface area contributed by atoms with E-state index in [4.69, 9.17) is 15.2 Å². The van der Waals surface area contributed by atoms with Crippen molar-refractivity contribution >= 4 is 0 Å². The van der Waals surface area contributed by atoms with Crippen LogP contribution in [0.15, 0.2) is 90.3 Å². The Labute approximate surface area is 196 Å². The van der Waals surface area contributed by atoms with Crippen LogP contribution in [0.4, 0.5) is 4.39 Å². The molecule has 0 radical (unpaired) electrons. The zero-order valence-electron chi connectivity index (χ0n) is 18.4. The van der Waals surface area contributed by atoms with E-state index < -0.39 is 5.92 Å². The molecule has 0 amide bonds. The highest BCUT2D eigenvalue weighted by molar-refractivity contribution is 5.57. The minimum atomic E-state index is -0.438. The minimum absolute atomic E-state index is 0.0527. The number of hydrogen-bond acceptors (Lipinski definition) is 5. The molecule has 3 aromatic carbocycles. The quantitative estimate of drug-likeness (QED) is 0.454. The number of aromatic nitrogens is 2. The van der Waals surface area contributed by atoms with Gasteiger partial charge in [-0.3, -0.25) is 0 Å². The Morgan fingerprint density at radius 3 is 2.47 bits per heavy atom. The van der Waals surface area contributed by atoms with Crippen molar-refractivity contribution < 1.29 is 13.9 Å². The first kappa shape index (κ1) is 21.3. The number of fused-ring (bicyclic) bond motifs is 1. The van der Waals surface area contributed by atoms with Gasteiger partial charge in [-0.25, -0.2) is 9.07 Å². The maximum absolute atomic E-state index is 13.9. The smallest absolute Gasteiger partial charge is 0.229 e. The number of para-hydroxylation sites is 1. The van der Waals surface area contributed by atoms with Gasteiger partial charge in [-0.05, 0) is 42.8 Å². The molecule has 5 rings (SSSR count). The standard InChI is InChI=1S/C27H21FN4O2/c1-17-24-25(18-11-13-21(14-12-18)33-16-19-7-5-6-10-23(19)28)22(15-29)26(30)34-27(24)32(31-17)20-8-3-2-4-9-20/h2-14,25H,16,30H2,1H3/t25-/m1/s1. The maximum atomic E-state index is 13.9. The highest BCUT2D eigenvalue weighted by Crippen LogP contribution is 2.44. The molecule has 2 heterocycles. The lowest BCUT2D eigenvalue weighted by molar-refractivity contribution is 0.299. The Balaban J connectivity index is 1.49. The zero-order chi connectivity index (χ0) is 23.7. The first-order chi connectivity index (χ1) is 16.6. The van der Waals surface area contributed by atoms with Crippen molar-refractivity contribution in [3.05, 3.63) is 119 Å². The summed E-state index contributed by atoms with van der Waals surface area (Å²) in [7, 11) is 0. The molecular weight excluding hydrogens is 431 g/mol. The van der Waals surface area contributed by atoms with Crippen LogP contribution in [0.5, 0.6) is 11.6 Å². The Kier molecular flexibility index (Phi) is 5.48. The fraction of sp³-hybridized carbons (Fsp3) is 0.111. The van der Waals surface area contributed by atoms with Crippen LogP contribution < -0.4 is 15.2 Å². The number of halogens is 1. The third kappa shape index (κ3) is 3.76. The monoisotopic (exact) mass is 452 g/mol. The summed E-state index contributed by atoms with van der Waals surface area (Å²) in [5.41, 5.74) is 10.2. The summed E-state index contributed by atoms with van der Waals surface area (Å²) in [6.07, 6.45) is 0. The molecule has 1 aromatic heterocycles. The second kappa shape index (κ2) is 8.75. The summed E-state index contributed by atoms with van der Waals surface area (Å²) in [5, 5.41) is 14.5. The molecule has 0 bridgehead atoms. The minimum Gasteiger partial charge on any atom is -0.489 e. The van der Waals surface area contributed by atoms with Gasteiger partial charge < -0.3 is 15.2 Å². The molecule has 168 valence electrons. The molecule has 0 aliphatic carbocycles. The van der Waals surface area contributed by atoms with Crippen LogP contribution in [0.3, 0.4) is 0 Å². The zero-order valence-corrected chi connectivity index (χ0v) is 18.4. The molecule has 6 nitrogen and oxygen atoms in total. The van der Waals surface area contributed by atoms with E-state index in [1.54, 1.807) is 35.0 Å². The predicted molar refractivity (Wildman–Crippen MR) is 125 cm³/mol. The highest BCUT2D eigenvalue weighted by atomic mass is 19.1. The molecule has 34 heavy (non-hydrogen) atoms. The van der Waals surface area contributed by atoms with Gasteiger partial charge in [0.05, 0.1) is 22.9 Å². The normalized spacial score (nSPS) is 14.8. The summed E-state index contributed by atoms with van der Waals surface area (Å²) in [6.45, 7) is 2.00. The fourth-order valence-corrected chi connectivity index (χ4v) is 4.12. The van der Waals surface area contributed by atoms with Crippen LogP contribution >= 0.6 is 0 Å². The second-order valence-corrected chi connectivity index (χ2v) is 7.93. The van der Waals surface area contributed by atoms with Gasteiger partial charge in [0, 0.05) is 5.56 Å². The number of nitrogens with two attached hydrogens (primary N) is 1. The van der Waals surface area contributed by atoms with Gasteiger partial charge in [0.2, 0.25) is 11.8 Å². The van der Waals surface area contributed by atoms with Gasteiger partial charge in [-0.2, -0.15) is 10.4 Å². The van der Waals surface area contributed by atoms with Crippen molar-refractivity contribution in [3.63, 3.8) is 0 Å². The number of benzene rings is 3. The van der Waals surface area contributed by atoms with E-state index in [9.17, 15) is 9.65 Å². The molecule has 4 aromatic rings. The number of rotatable bonds is 5. The maximum Gasteiger partial charge on any atom is 0.229 e. The summed E-state index contributed by atoms with van der Waals surface area (Å²) in [4.78, 5) is 0. The fourth-order valence-electron chi connectivity index (χ4n) is 4.12. The Morgan fingerprint density at radius 1 is 1.06 bits per heavy atom. The lowest BCUT2D eigenvalue weighted by Crippen LogP contribution is -2.22. The van der Waals surface area contributed by atoms with Gasteiger partial charge in [0.25, 0.3) is 0 Å². The molecule has 2 N–H and O–H groups in total. The van der Waals surface area contributed by atoms with Crippen molar-refractivity contribution in [2.45, 2.75) is 19.4 Å². The number of nitrogens with zero attached hydrogens (tertiary/aromatic N) is 3. The average Bonchev–Trinajstić information content (AvgIpc) is 3.19. The van der Waals surface area contributed by atoms with Crippen molar-refractivity contribution in [3.8, 4) is 23.4 Å². The summed E-state index contributed by atoms with van der Waals surface area (Å²) >= 11 is 0. The Hall–Kier alpha value is -4.57. The molecular formula is C27H21FN4O2. The molecule has 1 atom stereocenters. The van der Waals surface area contributed by atoms with Gasteiger partial charge in [0.1, 0.15) is 29.8 Å².